The Balaban J connectivity index is 2.97. The third kappa shape index (κ3) is 3.59. The quantitative estimate of drug-likeness (QED) is 0.732. The number of methoxy groups -OCH3 is 1. The Morgan fingerprint density at radius 1 is 1.38 bits per heavy atom. The number of aryl methyl sites for hydroxylation is 1. The molecule has 0 N–H and O–H groups in total. The van der Waals surface area contributed by atoms with Crippen LogP contribution in [0.3, 0.4) is 0 Å². The van der Waals surface area contributed by atoms with Gasteiger partial charge in [0.1, 0.15) is 5.75 Å². The van der Waals surface area contributed by atoms with Gasteiger partial charge in [0.05, 0.1) is 18.9 Å². The van der Waals surface area contributed by atoms with Crippen LogP contribution in [-0.2, 0) is 0 Å². The van der Waals surface area contributed by atoms with Gasteiger partial charge in [0.25, 0.3) is 0 Å². The summed E-state index contributed by atoms with van der Waals surface area (Å²) in [6, 6.07) is 5.00. The second kappa shape index (κ2) is 4.95. The summed E-state index contributed by atoms with van der Waals surface area (Å²) < 4.78 is 41.6. The second-order valence-electron chi connectivity index (χ2n) is 3.53. The van der Waals surface area contributed by atoms with E-state index < -0.39 is 18.0 Å². The standard InChI is InChI=1S/C11H12ClF3O/c1-7-3-4-10(16-2)8(5-7)9(12)6-11(13,14)15/h3-5,9H,6H2,1-2H3. The van der Waals surface area contributed by atoms with E-state index in [0.717, 1.165) is 5.56 Å². The van der Waals surface area contributed by atoms with Crippen molar-refractivity contribution in [2.45, 2.75) is 24.9 Å². The summed E-state index contributed by atoms with van der Waals surface area (Å²) in [5.41, 5.74) is 1.23. The van der Waals surface area contributed by atoms with Gasteiger partial charge < -0.3 is 4.74 Å². The Kier molecular flexibility index (Phi) is 4.08. The fourth-order valence-electron chi connectivity index (χ4n) is 1.41. The second-order valence-corrected chi connectivity index (χ2v) is 4.06. The average Bonchev–Trinajstić information content (AvgIpc) is 2.15. The van der Waals surface area contributed by atoms with E-state index in [1.54, 1.807) is 25.1 Å². The first-order valence-electron chi connectivity index (χ1n) is 4.69. The zero-order chi connectivity index (χ0) is 12.3. The largest absolute Gasteiger partial charge is 0.496 e. The molecular weight excluding hydrogens is 241 g/mol. The molecule has 1 aromatic carbocycles. The van der Waals surface area contributed by atoms with Crippen LogP contribution in [-0.4, -0.2) is 13.3 Å². The molecule has 0 fully saturated rings. The number of rotatable bonds is 3. The van der Waals surface area contributed by atoms with E-state index in [1.807, 2.05) is 0 Å². The van der Waals surface area contributed by atoms with Gasteiger partial charge in [-0.3, -0.25) is 0 Å². The lowest BCUT2D eigenvalue weighted by Gasteiger charge is -2.16. The normalized spacial score (nSPS) is 13.6. The first-order valence-corrected chi connectivity index (χ1v) is 5.12. The molecule has 0 aliphatic rings. The van der Waals surface area contributed by atoms with Crippen molar-refractivity contribution in [1.82, 2.24) is 0 Å². The lowest BCUT2D eigenvalue weighted by atomic mass is 10.1. The molecule has 16 heavy (non-hydrogen) atoms. The van der Waals surface area contributed by atoms with E-state index in [0.29, 0.717) is 11.3 Å². The number of ether oxygens (including phenoxy) is 1. The molecule has 0 aliphatic heterocycles. The highest BCUT2D eigenvalue weighted by Crippen LogP contribution is 2.38. The summed E-state index contributed by atoms with van der Waals surface area (Å²) in [7, 11) is 1.41. The fraction of sp³-hybridized carbons (Fsp3) is 0.455. The lowest BCUT2D eigenvalue weighted by Crippen LogP contribution is -2.11. The topological polar surface area (TPSA) is 9.23 Å². The summed E-state index contributed by atoms with van der Waals surface area (Å²) in [6.45, 7) is 1.79. The van der Waals surface area contributed by atoms with Crippen LogP contribution in [0, 0.1) is 6.92 Å². The molecule has 0 spiro atoms. The molecule has 1 unspecified atom stereocenters. The number of hydrogen-bond donors (Lipinski definition) is 0. The predicted octanol–water partition coefficient (Wildman–Crippen LogP) is 4.24. The van der Waals surface area contributed by atoms with Gasteiger partial charge in [-0.25, -0.2) is 0 Å². The third-order valence-electron chi connectivity index (χ3n) is 2.13. The maximum Gasteiger partial charge on any atom is 0.390 e. The van der Waals surface area contributed by atoms with E-state index in [1.165, 1.54) is 7.11 Å². The first-order chi connectivity index (χ1) is 7.33. The first kappa shape index (κ1) is 13.2. The molecule has 90 valence electrons. The van der Waals surface area contributed by atoms with E-state index in [-0.39, 0.29) is 0 Å². The molecule has 1 atom stereocenters. The zero-order valence-electron chi connectivity index (χ0n) is 8.94. The van der Waals surface area contributed by atoms with Crippen molar-refractivity contribution in [3.05, 3.63) is 29.3 Å². The molecule has 0 aliphatic carbocycles. The Bertz CT molecular complexity index is 363. The maximum atomic E-state index is 12.2. The highest BCUT2D eigenvalue weighted by Gasteiger charge is 2.32. The molecule has 5 heteroatoms. The van der Waals surface area contributed by atoms with Gasteiger partial charge >= 0.3 is 6.18 Å². The minimum Gasteiger partial charge on any atom is -0.496 e. The molecule has 1 aromatic rings. The van der Waals surface area contributed by atoms with Gasteiger partial charge in [0.15, 0.2) is 0 Å². The third-order valence-corrected chi connectivity index (χ3v) is 2.52. The molecule has 1 rings (SSSR count). The smallest absolute Gasteiger partial charge is 0.390 e. The lowest BCUT2D eigenvalue weighted by molar-refractivity contribution is -0.134. The van der Waals surface area contributed by atoms with Crippen molar-refractivity contribution in [3.8, 4) is 5.75 Å². The van der Waals surface area contributed by atoms with Crippen LogP contribution in [0.5, 0.6) is 5.75 Å². The highest BCUT2D eigenvalue weighted by atomic mass is 35.5. The zero-order valence-corrected chi connectivity index (χ0v) is 9.69. The summed E-state index contributed by atoms with van der Waals surface area (Å²) in [4.78, 5) is 0. The Labute approximate surface area is 97.2 Å². The maximum absolute atomic E-state index is 12.2. The van der Waals surface area contributed by atoms with Gasteiger partial charge in [-0.2, -0.15) is 13.2 Å². The van der Waals surface area contributed by atoms with Crippen molar-refractivity contribution in [1.29, 1.82) is 0 Å². The fourth-order valence-corrected chi connectivity index (χ4v) is 1.76. The summed E-state index contributed by atoms with van der Waals surface area (Å²) >= 11 is 5.75. The minimum absolute atomic E-state index is 0.376. The predicted molar refractivity (Wildman–Crippen MR) is 57.0 cm³/mol. The Morgan fingerprint density at radius 3 is 2.50 bits per heavy atom. The minimum atomic E-state index is -4.28. The van der Waals surface area contributed by atoms with E-state index >= 15 is 0 Å². The van der Waals surface area contributed by atoms with Crippen LogP contribution in [0.15, 0.2) is 18.2 Å². The van der Waals surface area contributed by atoms with Crippen LogP contribution < -0.4 is 4.74 Å². The molecular formula is C11H12ClF3O. The van der Waals surface area contributed by atoms with Crippen molar-refractivity contribution in [3.63, 3.8) is 0 Å². The number of halogens is 4. The van der Waals surface area contributed by atoms with Crippen molar-refractivity contribution < 1.29 is 17.9 Å². The Morgan fingerprint density at radius 2 is 2.00 bits per heavy atom. The monoisotopic (exact) mass is 252 g/mol. The van der Waals surface area contributed by atoms with Gasteiger partial charge in [-0.05, 0) is 13.0 Å². The highest BCUT2D eigenvalue weighted by molar-refractivity contribution is 6.21. The SMILES string of the molecule is COc1ccc(C)cc1C(Cl)CC(F)(F)F. The van der Waals surface area contributed by atoms with Gasteiger partial charge in [-0.1, -0.05) is 17.7 Å². The van der Waals surface area contributed by atoms with Gasteiger partial charge in [0, 0.05) is 5.56 Å². The summed E-state index contributed by atoms with van der Waals surface area (Å²) in [6.07, 6.45) is -5.34. The molecule has 0 radical (unpaired) electrons. The average molecular weight is 253 g/mol. The van der Waals surface area contributed by atoms with Crippen LogP contribution in [0.25, 0.3) is 0 Å². The van der Waals surface area contributed by atoms with E-state index in [9.17, 15) is 13.2 Å². The molecule has 0 amide bonds. The summed E-state index contributed by atoms with van der Waals surface area (Å²) in [5, 5.41) is -1.12. The van der Waals surface area contributed by atoms with Crippen molar-refractivity contribution in [2.75, 3.05) is 7.11 Å². The van der Waals surface area contributed by atoms with Crippen LogP contribution in [0.2, 0.25) is 0 Å². The molecule has 0 aromatic heterocycles. The summed E-state index contributed by atoms with van der Waals surface area (Å²) in [5.74, 6) is 0.384. The van der Waals surface area contributed by atoms with Crippen LogP contribution in [0.1, 0.15) is 22.9 Å². The molecule has 0 saturated heterocycles. The number of hydrogen-bond acceptors (Lipinski definition) is 1. The molecule has 0 bridgehead atoms. The van der Waals surface area contributed by atoms with E-state index in [2.05, 4.69) is 0 Å². The molecule has 0 heterocycles. The van der Waals surface area contributed by atoms with Crippen LogP contribution >= 0.6 is 11.6 Å². The van der Waals surface area contributed by atoms with Crippen LogP contribution in [0.4, 0.5) is 13.2 Å². The molecule has 0 saturated carbocycles. The molecule has 1 nitrogen and oxygen atoms in total. The number of benzene rings is 1. The van der Waals surface area contributed by atoms with Crippen molar-refractivity contribution in [2.24, 2.45) is 0 Å². The van der Waals surface area contributed by atoms with Gasteiger partial charge in [0.2, 0.25) is 0 Å². The Hall–Kier alpha value is -0.900. The van der Waals surface area contributed by atoms with Crippen molar-refractivity contribution >= 4 is 11.6 Å². The number of alkyl halides is 4. The van der Waals surface area contributed by atoms with Gasteiger partial charge in [-0.15, -0.1) is 11.6 Å². The van der Waals surface area contributed by atoms with E-state index in [4.69, 9.17) is 16.3 Å².